The molecule has 0 aliphatic heterocycles. The third kappa shape index (κ3) is 5.94. The standard InChI is InChI=1S/C10H22N2O2/c1-7(2)5-10(4,14)6-12-9(13)8(3)11/h7-8,14H,5-6,11H2,1-4H3,(H,12,13)/t8-,10?/m1/s1. The van der Waals surface area contributed by atoms with Crippen LogP contribution in [0.4, 0.5) is 0 Å². The fourth-order valence-corrected chi connectivity index (χ4v) is 1.39. The molecule has 0 aromatic rings. The number of aliphatic hydroxyl groups is 1. The van der Waals surface area contributed by atoms with Crippen molar-refractivity contribution in [1.29, 1.82) is 0 Å². The maximum Gasteiger partial charge on any atom is 0.236 e. The van der Waals surface area contributed by atoms with E-state index in [1.807, 2.05) is 13.8 Å². The smallest absolute Gasteiger partial charge is 0.236 e. The molecule has 0 rings (SSSR count). The number of carbonyl (C=O) groups excluding carboxylic acids is 1. The molecule has 4 nitrogen and oxygen atoms in total. The van der Waals surface area contributed by atoms with Gasteiger partial charge in [0.25, 0.3) is 0 Å². The number of hydrogen-bond donors (Lipinski definition) is 3. The minimum Gasteiger partial charge on any atom is -0.388 e. The lowest BCUT2D eigenvalue weighted by atomic mass is 9.94. The van der Waals surface area contributed by atoms with Gasteiger partial charge in [0.1, 0.15) is 0 Å². The Bertz CT molecular complexity index is 189. The lowest BCUT2D eigenvalue weighted by Gasteiger charge is -2.25. The van der Waals surface area contributed by atoms with Crippen LogP contribution in [0.15, 0.2) is 0 Å². The third-order valence-corrected chi connectivity index (χ3v) is 1.91. The van der Waals surface area contributed by atoms with Crippen LogP contribution in [0.2, 0.25) is 0 Å². The molecule has 0 saturated carbocycles. The largest absolute Gasteiger partial charge is 0.388 e. The molecular formula is C10H22N2O2. The quantitative estimate of drug-likeness (QED) is 0.598. The molecule has 0 spiro atoms. The summed E-state index contributed by atoms with van der Waals surface area (Å²) >= 11 is 0. The summed E-state index contributed by atoms with van der Waals surface area (Å²) in [7, 11) is 0. The first-order valence-electron chi connectivity index (χ1n) is 5.00. The highest BCUT2D eigenvalue weighted by atomic mass is 16.3. The first kappa shape index (κ1) is 13.4. The molecule has 0 radical (unpaired) electrons. The van der Waals surface area contributed by atoms with Gasteiger partial charge in [0, 0.05) is 6.54 Å². The zero-order valence-electron chi connectivity index (χ0n) is 9.50. The molecule has 1 unspecified atom stereocenters. The predicted molar refractivity (Wildman–Crippen MR) is 56.7 cm³/mol. The summed E-state index contributed by atoms with van der Waals surface area (Å²) in [6.07, 6.45) is 0.659. The summed E-state index contributed by atoms with van der Waals surface area (Å²) in [5, 5.41) is 12.5. The van der Waals surface area contributed by atoms with E-state index in [0.29, 0.717) is 12.3 Å². The average molecular weight is 202 g/mol. The van der Waals surface area contributed by atoms with Gasteiger partial charge in [-0.1, -0.05) is 13.8 Å². The summed E-state index contributed by atoms with van der Waals surface area (Å²) in [5.74, 6) is 0.172. The lowest BCUT2D eigenvalue weighted by Crippen LogP contribution is -2.46. The van der Waals surface area contributed by atoms with Crippen LogP contribution in [-0.4, -0.2) is 29.2 Å². The van der Waals surface area contributed by atoms with Crippen LogP contribution in [0.25, 0.3) is 0 Å². The van der Waals surface area contributed by atoms with Gasteiger partial charge in [-0.3, -0.25) is 4.79 Å². The van der Waals surface area contributed by atoms with E-state index in [1.165, 1.54) is 0 Å². The molecule has 0 aromatic heterocycles. The van der Waals surface area contributed by atoms with E-state index >= 15 is 0 Å². The highest BCUT2D eigenvalue weighted by Gasteiger charge is 2.22. The van der Waals surface area contributed by atoms with Gasteiger partial charge in [-0.25, -0.2) is 0 Å². The van der Waals surface area contributed by atoms with Crippen LogP contribution in [0.1, 0.15) is 34.1 Å². The van der Waals surface area contributed by atoms with Gasteiger partial charge < -0.3 is 16.2 Å². The Labute approximate surface area is 85.9 Å². The van der Waals surface area contributed by atoms with Gasteiger partial charge in [0.05, 0.1) is 11.6 Å². The van der Waals surface area contributed by atoms with E-state index < -0.39 is 11.6 Å². The molecule has 0 aromatic carbocycles. The first-order chi connectivity index (χ1) is 6.24. The van der Waals surface area contributed by atoms with Gasteiger partial charge in [0.15, 0.2) is 0 Å². The summed E-state index contributed by atoms with van der Waals surface area (Å²) in [4.78, 5) is 11.1. The van der Waals surface area contributed by atoms with Crippen molar-refractivity contribution in [3.8, 4) is 0 Å². The normalized spacial score (nSPS) is 17.6. The molecule has 14 heavy (non-hydrogen) atoms. The topological polar surface area (TPSA) is 75.3 Å². The zero-order chi connectivity index (χ0) is 11.4. The van der Waals surface area contributed by atoms with E-state index in [-0.39, 0.29) is 12.5 Å². The van der Waals surface area contributed by atoms with Crippen molar-refractivity contribution in [2.45, 2.75) is 45.8 Å². The Morgan fingerprint density at radius 1 is 1.50 bits per heavy atom. The minimum absolute atomic E-state index is 0.228. The average Bonchev–Trinajstić information content (AvgIpc) is 1.97. The Kier molecular flexibility index (Phi) is 5.08. The fourth-order valence-electron chi connectivity index (χ4n) is 1.39. The first-order valence-corrected chi connectivity index (χ1v) is 5.00. The molecule has 1 amide bonds. The predicted octanol–water partition coefficient (Wildman–Crippen LogP) is 0.247. The number of amides is 1. The van der Waals surface area contributed by atoms with Crippen LogP contribution >= 0.6 is 0 Å². The van der Waals surface area contributed by atoms with Gasteiger partial charge in [-0.2, -0.15) is 0 Å². The molecule has 0 aliphatic carbocycles. The fraction of sp³-hybridized carbons (Fsp3) is 0.900. The van der Waals surface area contributed by atoms with Gasteiger partial charge in [-0.05, 0) is 26.2 Å². The summed E-state index contributed by atoms with van der Waals surface area (Å²) in [5.41, 5.74) is 4.52. The van der Waals surface area contributed by atoms with Crippen molar-refractivity contribution in [3.05, 3.63) is 0 Å². The third-order valence-electron chi connectivity index (χ3n) is 1.91. The maximum absolute atomic E-state index is 11.1. The second-order valence-electron chi connectivity index (χ2n) is 4.60. The summed E-state index contributed by atoms with van der Waals surface area (Å²) in [6.45, 7) is 7.65. The highest BCUT2D eigenvalue weighted by Crippen LogP contribution is 2.14. The Balaban J connectivity index is 3.92. The zero-order valence-corrected chi connectivity index (χ0v) is 9.50. The van der Waals surface area contributed by atoms with Crippen molar-refractivity contribution in [3.63, 3.8) is 0 Å². The van der Waals surface area contributed by atoms with E-state index in [2.05, 4.69) is 5.32 Å². The van der Waals surface area contributed by atoms with Crippen LogP contribution < -0.4 is 11.1 Å². The summed E-state index contributed by atoms with van der Waals surface area (Å²) in [6, 6.07) is -0.523. The van der Waals surface area contributed by atoms with Crippen LogP contribution in [0.5, 0.6) is 0 Å². The Morgan fingerprint density at radius 2 is 2.00 bits per heavy atom. The minimum atomic E-state index is -0.848. The van der Waals surface area contributed by atoms with Crippen LogP contribution in [0, 0.1) is 5.92 Å². The second-order valence-corrected chi connectivity index (χ2v) is 4.60. The SMILES string of the molecule is CC(C)CC(C)(O)CNC(=O)[C@@H](C)N. The Morgan fingerprint density at radius 3 is 2.36 bits per heavy atom. The van der Waals surface area contributed by atoms with E-state index in [9.17, 15) is 9.90 Å². The van der Waals surface area contributed by atoms with Crippen molar-refractivity contribution >= 4 is 5.91 Å². The van der Waals surface area contributed by atoms with Crippen molar-refractivity contribution in [2.24, 2.45) is 11.7 Å². The van der Waals surface area contributed by atoms with Crippen LogP contribution in [-0.2, 0) is 4.79 Å². The Hall–Kier alpha value is -0.610. The molecular weight excluding hydrogens is 180 g/mol. The molecule has 4 N–H and O–H groups in total. The number of hydrogen-bond acceptors (Lipinski definition) is 3. The molecule has 0 aliphatic rings. The molecule has 0 heterocycles. The van der Waals surface area contributed by atoms with Gasteiger partial charge in [-0.15, -0.1) is 0 Å². The van der Waals surface area contributed by atoms with Gasteiger partial charge >= 0.3 is 0 Å². The molecule has 2 atom stereocenters. The second kappa shape index (κ2) is 5.32. The monoisotopic (exact) mass is 202 g/mol. The highest BCUT2D eigenvalue weighted by molar-refractivity contribution is 5.80. The van der Waals surface area contributed by atoms with Crippen LogP contribution in [0.3, 0.4) is 0 Å². The molecule has 4 heteroatoms. The van der Waals surface area contributed by atoms with E-state index in [4.69, 9.17) is 5.73 Å². The van der Waals surface area contributed by atoms with Crippen molar-refractivity contribution in [1.82, 2.24) is 5.32 Å². The number of rotatable bonds is 5. The van der Waals surface area contributed by atoms with Gasteiger partial charge in [0.2, 0.25) is 5.91 Å². The van der Waals surface area contributed by atoms with Crippen molar-refractivity contribution < 1.29 is 9.90 Å². The van der Waals surface area contributed by atoms with Crippen molar-refractivity contribution in [2.75, 3.05) is 6.54 Å². The molecule has 84 valence electrons. The lowest BCUT2D eigenvalue weighted by molar-refractivity contribution is -0.123. The molecule has 0 saturated heterocycles. The number of carbonyl (C=O) groups is 1. The summed E-state index contributed by atoms with van der Waals surface area (Å²) < 4.78 is 0. The molecule has 0 bridgehead atoms. The number of nitrogens with one attached hydrogen (secondary N) is 1. The molecule has 0 fully saturated rings. The maximum atomic E-state index is 11.1. The number of nitrogens with two attached hydrogens (primary N) is 1. The van der Waals surface area contributed by atoms with E-state index in [0.717, 1.165) is 0 Å². The van der Waals surface area contributed by atoms with E-state index in [1.54, 1.807) is 13.8 Å².